The van der Waals surface area contributed by atoms with Crippen molar-refractivity contribution < 1.29 is 19.1 Å². The Hall–Kier alpha value is -3.93. The van der Waals surface area contributed by atoms with E-state index in [1.54, 1.807) is 54.6 Å². The van der Waals surface area contributed by atoms with E-state index in [4.69, 9.17) is 0 Å². The third kappa shape index (κ3) is 3.67. The van der Waals surface area contributed by atoms with E-state index in [9.17, 15) is 19.1 Å². The predicted octanol–water partition coefficient (Wildman–Crippen LogP) is 5.05. The molecule has 2 saturated heterocycles. The molecule has 5 nitrogen and oxygen atoms in total. The minimum Gasteiger partial charge on any atom is -0.507 e. The van der Waals surface area contributed by atoms with Crippen molar-refractivity contribution in [1.29, 1.82) is 0 Å². The van der Waals surface area contributed by atoms with Gasteiger partial charge in [-0.15, -0.1) is 0 Å². The molecule has 33 heavy (non-hydrogen) atoms. The highest BCUT2D eigenvalue weighted by Crippen LogP contribution is 2.43. The third-order valence-corrected chi connectivity index (χ3v) is 6.29. The number of benzene rings is 3. The topological polar surface area (TPSA) is 60.9 Å². The summed E-state index contributed by atoms with van der Waals surface area (Å²) >= 11 is 0. The van der Waals surface area contributed by atoms with E-state index in [0.717, 1.165) is 31.6 Å². The van der Waals surface area contributed by atoms with Crippen molar-refractivity contribution >= 4 is 28.8 Å². The number of amides is 1. The van der Waals surface area contributed by atoms with Gasteiger partial charge in [-0.05, 0) is 43.2 Å². The average Bonchev–Trinajstić information content (AvgIpc) is 3.47. The van der Waals surface area contributed by atoms with Crippen LogP contribution in [0.2, 0.25) is 0 Å². The van der Waals surface area contributed by atoms with Crippen LogP contribution in [0.15, 0.2) is 84.4 Å². The molecule has 5 rings (SSSR count). The smallest absolute Gasteiger partial charge is 0.300 e. The molecule has 2 heterocycles. The number of rotatable bonds is 4. The van der Waals surface area contributed by atoms with Crippen molar-refractivity contribution in [2.75, 3.05) is 22.9 Å². The maximum Gasteiger partial charge on any atom is 0.300 e. The molecule has 0 radical (unpaired) electrons. The molecule has 0 spiro atoms. The van der Waals surface area contributed by atoms with Crippen molar-refractivity contribution in [1.82, 2.24) is 0 Å². The lowest BCUT2D eigenvalue weighted by Gasteiger charge is -2.26. The van der Waals surface area contributed by atoms with Crippen molar-refractivity contribution in [2.45, 2.75) is 18.9 Å². The van der Waals surface area contributed by atoms with Gasteiger partial charge in [0, 0.05) is 35.6 Å². The number of carbonyl (C=O) groups is 2. The van der Waals surface area contributed by atoms with Crippen LogP contribution in [-0.2, 0) is 9.59 Å². The number of ketones is 1. The zero-order valence-electron chi connectivity index (χ0n) is 17.9. The summed E-state index contributed by atoms with van der Waals surface area (Å²) in [7, 11) is 0. The molecule has 166 valence electrons. The van der Waals surface area contributed by atoms with Crippen LogP contribution in [0.25, 0.3) is 5.76 Å². The van der Waals surface area contributed by atoms with Crippen molar-refractivity contribution in [3.8, 4) is 0 Å². The summed E-state index contributed by atoms with van der Waals surface area (Å²) in [5.74, 6) is -2.51. The van der Waals surface area contributed by atoms with Crippen LogP contribution in [0.5, 0.6) is 0 Å². The van der Waals surface area contributed by atoms with Crippen LogP contribution in [0.1, 0.15) is 30.0 Å². The van der Waals surface area contributed by atoms with Gasteiger partial charge in [0.25, 0.3) is 11.7 Å². The van der Waals surface area contributed by atoms with Gasteiger partial charge in [0.1, 0.15) is 11.6 Å². The number of Topliss-reactive ketones (excluding diaryl/α,β-unsaturated/α-hetero) is 1. The third-order valence-electron chi connectivity index (χ3n) is 6.29. The molecule has 2 fully saturated rings. The Morgan fingerprint density at radius 2 is 1.42 bits per heavy atom. The van der Waals surface area contributed by atoms with Crippen LogP contribution in [0, 0.1) is 5.82 Å². The van der Waals surface area contributed by atoms with Crippen molar-refractivity contribution in [3.05, 3.63) is 101 Å². The molecule has 6 heteroatoms. The van der Waals surface area contributed by atoms with Gasteiger partial charge < -0.3 is 10.0 Å². The monoisotopic (exact) mass is 442 g/mol. The van der Waals surface area contributed by atoms with Crippen molar-refractivity contribution in [2.24, 2.45) is 0 Å². The number of halogens is 1. The largest absolute Gasteiger partial charge is 0.507 e. The highest BCUT2D eigenvalue weighted by molar-refractivity contribution is 6.51. The summed E-state index contributed by atoms with van der Waals surface area (Å²) in [5, 5.41) is 11.0. The Bertz CT molecular complexity index is 1230. The highest BCUT2D eigenvalue weighted by Gasteiger charge is 2.47. The van der Waals surface area contributed by atoms with Crippen LogP contribution < -0.4 is 9.80 Å². The van der Waals surface area contributed by atoms with E-state index < -0.39 is 23.5 Å². The lowest BCUT2D eigenvalue weighted by atomic mass is 9.94. The maximum absolute atomic E-state index is 14.9. The molecule has 0 saturated carbocycles. The SMILES string of the molecule is O=C1C(=O)N(c2ccc(N3CCCC3)cc2)C(c2ccccc2F)/C1=C(\O)c1ccccc1. The number of aliphatic hydroxyl groups is 1. The van der Waals surface area contributed by atoms with Crippen molar-refractivity contribution in [3.63, 3.8) is 0 Å². The zero-order valence-corrected chi connectivity index (χ0v) is 17.9. The molecule has 2 aliphatic heterocycles. The Balaban J connectivity index is 1.64. The molecular formula is C27H23FN2O3. The zero-order chi connectivity index (χ0) is 22.9. The number of carbonyl (C=O) groups excluding carboxylic acids is 2. The van der Waals surface area contributed by atoms with E-state index in [-0.39, 0.29) is 16.9 Å². The second kappa shape index (κ2) is 8.54. The number of hydrogen-bond acceptors (Lipinski definition) is 4. The molecule has 1 amide bonds. The normalized spacial score (nSPS) is 20.0. The summed E-state index contributed by atoms with van der Waals surface area (Å²) in [6.07, 6.45) is 2.28. The Morgan fingerprint density at radius 1 is 0.818 bits per heavy atom. The predicted molar refractivity (Wildman–Crippen MR) is 126 cm³/mol. The molecule has 1 N–H and O–H groups in total. The van der Waals surface area contributed by atoms with Gasteiger partial charge in [0.05, 0.1) is 11.6 Å². The second-order valence-corrected chi connectivity index (χ2v) is 8.27. The van der Waals surface area contributed by atoms with Gasteiger partial charge in [-0.1, -0.05) is 48.5 Å². The first kappa shape index (κ1) is 20.9. The fourth-order valence-corrected chi connectivity index (χ4v) is 4.64. The maximum atomic E-state index is 14.9. The summed E-state index contributed by atoms with van der Waals surface area (Å²) in [6, 6.07) is 20.8. The van der Waals surface area contributed by atoms with Gasteiger partial charge >= 0.3 is 0 Å². The van der Waals surface area contributed by atoms with E-state index in [1.807, 2.05) is 12.1 Å². The molecule has 2 aliphatic rings. The molecule has 1 atom stereocenters. The van der Waals surface area contributed by atoms with Gasteiger partial charge in [-0.2, -0.15) is 0 Å². The van der Waals surface area contributed by atoms with E-state index >= 15 is 0 Å². The number of aliphatic hydroxyl groups excluding tert-OH is 1. The van der Waals surface area contributed by atoms with Gasteiger partial charge in [0.15, 0.2) is 0 Å². The van der Waals surface area contributed by atoms with Gasteiger partial charge in [0.2, 0.25) is 0 Å². The van der Waals surface area contributed by atoms with E-state index in [0.29, 0.717) is 11.3 Å². The standard InChI is InChI=1S/C27H23FN2O3/c28-22-11-5-4-10-21(22)24-23(25(31)18-8-2-1-3-9-18)26(32)27(33)30(24)20-14-12-19(13-15-20)29-16-6-7-17-29/h1-5,8-15,24,31H,6-7,16-17H2/b25-23+. The first-order valence-corrected chi connectivity index (χ1v) is 11.0. The number of anilines is 2. The van der Waals surface area contributed by atoms with Gasteiger partial charge in [-0.25, -0.2) is 4.39 Å². The molecule has 1 unspecified atom stereocenters. The quantitative estimate of drug-likeness (QED) is 0.349. The minimum absolute atomic E-state index is 0.125. The number of nitrogens with zero attached hydrogens (tertiary/aromatic N) is 2. The lowest BCUT2D eigenvalue weighted by molar-refractivity contribution is -0.132. The Morgan fingerprint density at radius 3 is 2.09 bits per heavy atom. The highest BCUT2D eigenvalue weighted by atomic mass is 19.1. The molecule has 0 bridgehead atoms. The van der Waals surface area contributed by atoms with Crippen LogP contribution in [0.3, 0.4) is 0 Å². The molecular weight excluding hydrogens is 419 g/mol. The Labute approximate surface area is 191 Å². The van der Waals surface area contributed by atoms with E-state index in [1.165, 1.54) is 17.0 Å². The van der Waals surface area contributed by atoms with Crippen LogP contribution >= 0.6 is 0 Å². The first-order valence-electron chi connectivity index (χ1n) is 11.0. The molecule has 3 aromatic rings. The first-order chi connectivity index (χ1) is 16.1. The minimum atomic E-state index is -1.08. The van der Waals surface area contributed by atoms with Crippen LogP contribution in [-0.4, -0.2) is 29.9 Å². The molecule has 3 aromatic carbocycles. The molecule has 0 aromatic heterocycles. The fourth-order valence-electron chi connectivity index (χ4n) is 4.64. The fraction of sp³-hybridized carbons (Fsp3) is 0.185. The van der Waals surface area contributed by atoms with Crippen LogP contribution in [0.4, 0.5) is 15.8 Å². The van der Waals surface area contributed by atoms with E-state index in [2.05, 4.69) is 4.90 Å². The lowest BCUT2D eigenvalue weighted by Crippen LogP contribution is -2.30. The second-order valence-electron chi connectivity index (χ2n) is 8.27. The average molecular weight is 442 g/mol. The molecule has 0 aliphatic carbocycles. The number of hydrogen-bond donors (Lipinski definition) is 1. The summed E-state index contributed by atoms with van der Waals surface area (Å²) < 4.78 is 14.9. The van der Waals surface area contributed by atoms with Gasteiger partial charge in [-0.3, -0.25) is 14.5 Å². The Kier molecular flexibility index (Phi) is 5.42. The summed E-state index contributed by atoms with van der Waals surface area (Å²) in [4.78, 5) is 29.9. The summed E-state index contributed by atoms with van der Waals surface area (Å²) in [6.45, 7) is 1.96. The summed E-state index contributed by atoms with van der Waals surface area (Å²) in [5.41, 5.74) is 1.93.